The molecule has 0 aliphatic heterocycles. The molecule has 1 heterocycles. The first-order valence-electron chi connectivity index (χ1n) is 14.8. The van der Waals surface area contributed by atoms with E-state index in [1.165, 1.54) is 22.3 Å². The van der Waals surface area contributed by atoms with Crippen LogP contribution in [0.2, 0.25) is 0 Å². The summed E-state index contributed by atoms with van der Waals surface area (Å²) in [6, 6.07) is 59.3. The lowest BCUT2D eigenvalue weighted by molar-refractivity contribution is 0.620. The van der Waals surface area contributed by atoms with E-state index in [2.05, 4.69) is 150 Å². The highest BCUT2D eigenvalue weighted by Gasteiger charge is 2.16. The van der Waals surface area contributed by atoms with Crippen LogP contribution >= 0.6 is 0 Å². The first-order valence-corrected chi connectivity index (χ1v) is 14.8. The summed E-state index contributed by atoms with van der Waals surface area (Å²) in [4.78, 5) is 7.20. The average molecular weight is 565 g/mol. The Morgan fingerprint density at radius 2 is 0.977 bits per heavy atom. The van der Waals surface area contributed by atoms with Crippen molar-refractivity contribution >= 4 is 38.9 Å². The fourth-order valence-electron chi connectivity index (χ4n) is 5.87. The van der Waals surface area contributed by atoms with Gasteiger partial charge < -0.3 is 9.32 Å². The summed E-state index contributed by atoms with van der Waals surface area (Å²) < 4.78 is 6.23. The molecule has 0 bridgehead atoms. The van der Waals surface area contributed by atoms with Gasteiger partial charge >= 0.3 is 0 Å². The molecule has 0 fully saturated rings. The van der Waals surface area contributed by atoms with Crippen LogP contribution in [0.15, 0.2) is 174 Å². The van der Waals surface area contributed by atoms with Gasteiger partial charge in [-0.25, -0.2) is 4.98 Å². The molecular weight excluding hydrogens is 536 g/mol. The minimum absolute atomic E-state index is 0.618. The number of oxazole rings is 1. The lowest BCUT2D eigenvalue weighted by Gasteiger charge is -2.26. The van der Waals surface area contributed by atoms with E-state index in [9.17, 15) is 0 Å². The van der Waals surface area contributed by atoms with Crippen molar-refractivity contribution in [3.05, 3.63) is 170 Å². The minimum Gasteiger partial charge on any atom is -0.436 e. The third-order valence-corrected chi connectivity index (χ3v) is 8.10. The zero-order valence-corrected chi connectivity index (χ0v) is 24.0. The van der Waals surface area contributed by atoms with E-state index < -0.39 is 0 Å². The van der Waals surface area contributed by atoms with E-state index in [0.29, 0.717) is 5.89 Å². The maximum absolute atomic E-state index is 6.23. The van der Waals surface area contributed by atoms with Crippen LogP contribution in [0.3, 0.4) is 0 Å². The quantitative estimate of drug-likeness (QED) is 0.201. The number of aromatic nitrogens is 1. The van der Waals surface area contributed by atoms with E-state index in [-0.39, 0.29) is 0 Å². The summed E-state index contributed by atoms with van der Waals surface area (Å²) in [5, 5.41) is 2.25. The van der Waals surface area contributed by atoms with Gasteiger partial charge in [0.1, 0.15) is 5.52 Å². The van der Waals surface area contributed by atoms with Crippen LogP contribution in [0.5, 0.6) is 0 Å². The Bertz CT molecular complexity index is 2200. The Balaban J connectivity index is 1.20. The Labute approximate surface area is 256 Å². The van der Waals surface area contributed by atoms with Crippen LogP contribution in [-0.2, 0) is 0 Å². The second-order valence-electron chi connectivity index (χ2n) is 10.9. The molecule has 0 amide bonds. The lowest BCUT2D eigenvalue weighted by atomic mass is 10.0. The molecule has 8 aromatic rings. The summed E-state index contributed by atoms with van der Waals surface area (Å²) in [7, 11) is 0. The van der Waals surface area contributed by atoms with Crippen molar-refractivity contribution in [2.75, 3.05) is 4.90 Å². The van der Waals surface area contributed by atoms with Crippen molar-refractivity contribution in [2.45, 2.75) is 0 Å². The molecule has 0 saturated carbocycles. The van der Waals surface area contributed by atoms with Crippen molar-refractivity contribution in [3.63, 3.8) is 0 Å². The number of hydrogen-bond acceptors (Lipinski definition) is 3. The molecule has 0 spiro atoms. The molecule has 0 atom stereocenters. The minimum atomic E-state index is 0.618. The predicted octanol–water partition coefficient (Wildman–Crippen LogP) is 11.5. The van der Waals surface area contributed by atoms with Gasteiger partial charge in [0.25, 0.3) is 0 Å². The number of benzene rings is 7. The molecule has 0 radical (unpaired) electrons. The Morgan fingerprint density at radius 1 is 0.409 bits per heavy atom. The van der Waals surface area contributed by atoms with Gasteiger partial charge in [0.15, 0.2) is 5.58 Å². The standard InChI is InChI=1S/C41H28N2O/c1-3-10-29(11-4-1)31-18-23-35(24-19-31)43(37-16-9-15-34(28-37)30-12-5-2-6-13-30)36-25-20-33(21-26-36)41-42-40-38-17-8-7-14-32(38)22-27-39(40)44-41/h1-28H. The van der Waals surface area contributed by atoms with E-state index in [1.54, 1.807) is 0 Å². The number of hydrogen-bond donors (Lipinski definition) is 0. The molecule has 7 aromatic carbocycles. The van der Waals surface area contributed by atoms with E-state index in [1.807, 2.05) is 24.3 Å². The average Bonchev–Trinajstić information content (AvgIpc) is 3.55. The molecule has 8 rings (SSSR count). The zero-order valence-electron chi connectivity index (χ0n) is 24.0. The molecule has 0 aliphatic carbocycles. The van der Waals surface area contributed by atoms with Gasteiger partial charge in [-0.3, -0.25) is 0 Å². The van der Waals surface area contributed by atoms with Gasteiger partial charge in [0.05, 0.1) is 0 Å². The van der Waals surface area contributed by atoms with Gasteiger partial charge in [-0.2, -0.15) is 0 Å². The number of rotatable bonds is 6. The molecule has 1 aromatic heterocycles. The van der Waals surface area contributed by atoms with Crippen LogP contribution in [0, 0.1) is 0 Å². The second kappa shape index (κ2) is 11.0. The summed E-state index contributed by atoms with van der Waals surface area (Å²) in [5.74, 6) is 0.618. The third-order valence-electron chi connectivity index (χ3n) is 8.10. The Hall–Kier alpha value is -5.93. The number of fused-ring (bicyclic) bond motifs is 3. The Morgan fingerprint density at radius 3 is 1.68 bits per heavy atom. The van der Waals surface area contributed by atoms with Gasteiger partial charge in [-0.1, -0.05) is 115 Å². The van der Waals surface area contributed by atoms with Gasteiger partial charge in [-0.15, -0.1) is 0 Å². The van der Waals surface area contributed by atoms with Crippen molar-refractivity contribution in [2.24, 2.45) is 0 Å². The molecule has 208 valence electrons. The highest BCUT2D eigenvalue weighted by molar-refractivity contribution is 6.04. The monoisotopic (exact) mass is 564 g/mol. The van der Waals surface area contributed by atoms with Gasteiger partial charge in [-0.05, 0) is 82.2 Å². The molecule has 44 heavy (non-hydrogen) atoms. The van der Waals surface area contributed by atoms with Crippen molar-refractivity contribution < 1.29 is 4.42 Å². The first-order chi connectivity index (χ1) is 21.8. The molecule has 0 N–H and O–H groups in total. The largest absolute Gasteiger partial charge is 0.436 e. The molecule has 0 aliphatic rings. The highest BCUT2D eigenvalue weighted by Crippen LogP contribution is 2.38. The second-order valence-corrected chi connectivity index (χ2v) is 10.9. The van der Waals surface area contributed by atoms with Crippen LogP contribution in [0.4, 0.5) is 17.1 Å². The van der Waals surface area contributed by atoms with Crippen LogP contribution in [0.25, 0.3) is 55.6 Å². The van der Waals surface area contributed by atoms with Crippen LogP contribution in [0.1, 0.15) is 0 Å². The van der Waals surface area contributed by atoms with Gasteiger partial charge in [0, 0.05) is 28.0 Å². The van der Waals surface area contributed by atoms with E-state index in [4.69, 9.17) is 9.40 Å². The third kappa shape index (κ3) is 4.81. The Kier molecular flexibility index (Phi) is 6.47. The number of anilines is 3. The predicted molar refractivity (Wildman–Crippen MR) is 183 cm³/mol. The fourth-order valence-corrected chi connectivity index (χ4v) is 5.87. The topological polar surface area (TPSA) is 29.3 Å². The summed E-state index contributed by atoms with van der Waals surface area (Å²) in [5.41, 5.74) is 10.6. The SMILES string of the molecule is c1ccc(-c2ccc(N(c3ccc(-c4nc5c(ccc6ccccc65)o4)cc3)c3cccc(-c4ccccc4)c3)cc2)cc1. The molecule has 0 saturated heterocycles. The first kappa shape index (κ1) is 25.8. The molecule has 3 nitrogen and oxygen atoms in total. The van der Waals surface area contributed by atoms with Crippen LogP contribution < -0.4 is 4.90 Å². The summed E-state index contributed by atoms with van der Waals surface area (Å²) >= 11 is 0. The maximum Gasteiger partial charge on any atom is 0.227 e. The molecule has 3 heteroatoms. The number of nitrogens with zero attached hydrogens (tertiary/aromatic N) is 2. The van der Waals surface area contributed by atoms with Crippen molar-refractivity contribution in [1.29, 1.82) is 0 Å². The van der Waals surface area contributed by atoms with Gasteiger partial charge in [0.2, 0.25) is 5.89 Å². The van der Waals surface area contributed by atoms with Crippen molar-refractivity contribution in [1.82, 2.24) is 4.98 Å². The zero-order chi connectivity index (χ0) is 29.3. The fraction of sp³-hybridized carbons (Fsp3) is 0. The molecule has 0 unspecified atom stereocenters. The van der Waals surface area contributed by atoms with Crippen molar-refractivity contribution in [3.8, 4) is 33.7 Å². The summed E-state index contributed by atoms with van der Waals surface area (Å²) in [6.07, 6.45) is 0. The smallest absolute Gasteiger partial charge is 0.227 e. The van der Waals surface area contributed by atoms with E-state index >= 15 is 0 Å². The van der Waals surface area contributed by atoms with E-state index in [0.717, 1.165) is 44.5 Å². The normalized spacial score (nSPS) is 11.2. The maximum atomic E-state index is 6.23. The van der Waals surface area contributed by atoms with Crippen LogP contribution in [-0.4, -0.2) is 4.98 Å². The molecular formula is C41H28N2O. The lowest BCUT2D eigenvalue weighted by Crippen LogP contribution is -2.10. The summed E-state index contributed by atoms with van der Waals surface area (Å²) in [6.45, 7) is 0. The highest BCUT2D eigenvalue weighted by atomic mass is 16.3.